The van der Waals surface area contributed by atoms with E-state index in [1.807, 2.05) is 0 Å². The molecule has 1 aromatic rings. The van der Waals surface area contributed by atoms with E-state index < -0.39 is 11.0 Å². The van der Waals surface area contributed by atoms with Crippen molar-refractivity contribution in [3.05, 3.63) is 27.9 Å². The van der Waals surface area contributed by atoms with Gasteiger partial charge in [0.15, 0.2) is 0 Å². The molecule has 0 aliphatic heterocycles. The Morgan fingerprint density at radius 1 is 1.55 bits per heavy atom. The third-order valence-corrected chi connectivity index (χ3v) is 2.56. The molecular formula is C12H18N4O4. The zero-order valence-electron chi connectivity index (χ0n) is 11.7. The first-order valence-electron chi connectivity index (χ1n) is 6.11. The van der Waals surface area contributed by atoms with E-state index in [-0.39, 0.29) is 17.4 Å². The number of amides is 1. The molecule has 2 N–H and O–H groups in total. The van der Waals surface area contributed by atoms with E-state index in [2.05, 4.69) is 15.6 Å². The largest absolute Gasteiger partial charge is 0.383 e. The second kappa shape index (κ2) is 7.39. The summed E-state index contributed by atoms with van der Waals surface area (Å²) in [4.78, 5) is 26.2. The number of nitro groups is 1. The topological polar surface area (TPSA) is 106 Å². The second-order valence-electron chi connectivity index (χ2n) is 4.23. The molecule has 1 heterocycles. The molecule has 0 saturated heterocycles. The molecule has 8 nitrogen and oxygen atoms in total. The molecule has 110 valence electrons. The maximum Gasteiger partial charge on any atom is 0.311 e. The minimum atomic E-state index is -0.639. The summed E-state index contributed by atoms with van der Waals surface area (Å²) in [6.45, 7) is 4.11. The van der Waals surface area contributed by atoms with Gasteiger partial charge < -0.3 is 15.4 Å². The summed E-state index contributed by atoms with van der Waals surface area (Å²) in [7, 11) is 1.54. The lowest BCUT2D eigenvalue weighted by Gasteiger charge is -2.14. The summed E-state index contributed by atoms with van der Waals surface area (Å²) in [5.74, 6) is -0.191. The maximum atomic E-state index is 11.8. The summed E-state index contributed by atoms with van der Waals surface area (Å²) >= 11 is 0. The van der Waals surface area contributed by atoms with Crippen molar-refractivity contribution in [2.24, 2.45) is 0 Å². The Hall–Kier alpha value is -2.22. The summed E-state index contributed by atoms with van der Waals surface area (Å²) in [5, 5.41) is 16.3. The highest BCUT2D eigenvalue weighted by molar-refractivity contribution is 5.84. The number of ether oxygens (including phenoxy) is 1. The first kappa shape index (κ1) is 15.8. The predicted molar refractivity (Wildman–Crippen MR) is 73.6 cm³/mol. The van der Waals surface area contributed by atoms with Crippen molar-refractivity contribution in [1.29, 1.82) is 0 Å². The Labute approximate surface area is 116 Å². The Bertz CT molecular complexity index is 492. The number of hydrogen-bond acceptors (Lipinski definition) is 6. The predicted octanol–water partition coefficient (Wildman–Crippen LogP) is 0.861. The molecular weight excluding hydrogens is 264 g/mol. The zero-order valence-corrected chi connectivity index (χ0v) is 11.7. The third kappa shape index (κ3) is 4.47. The van der Waals surface area contributed by atoms with Crippen LogP contribution in [0, 0.1) is 17.0 Å². The van der Waals surface area contributed by atoms with Gasteiger partial charge in [-0.2, -0.15) is 0 Å². The molecule has 0 radical (unpaired) electrons. The normalized spacial score (nSPS) is 11.8. The fraction of sp³-hybridized carbons (Fsp3) is 0.500. The molecule has 0 spiro atoms. The molecule has 1 amide bonds. The van der Waals surface area contributed by atoms with Crippen molar-refractivity contribution in [2.45, 2.75) is 19.9 Å². The molecule has 0 aliphatic rings. The monoisotopic (exact) mass is 282 g/mol. The van der Waals surface area contributed by atoms with Crippen molar-refractivity contribution >= 4 is 17.4 Å². The van der Waals surface area contributed by atoms with Gasteiger partial charge in [0.1, 0.15) is 6.04 Å². The molecule has 1 unspecified atom stereocenters. The molecule has 20 heavy (non-hydrogen) atoms. The third-order valence-electron chi connectivity index (χ3n) is 2.56. The van der Waals surface area contributed by atoms with Crippen LogP contribution in [0.3, 0.4) is 0 Å². The smallest absolute Gasteiger partial charge is 0.311 e. The van der Waals surface area contributed by atoms with Gasteiger partial charge in [0.05, 0.1) is 11.5 Å². The highest BCUT2D eigenvalue weighted by atomic mass is 16.6. The summed E-state index contributed by atoms with van der Waals surface area (Å²) < 4.78 is 4.82. The quantitative estimate of drug-likeness (QED) is 0.436. The number of methoxy groups -OCH3 is 1. The SMILES string of the molecule is COCCNC(=O)C(C)Nc1nc(C)ccc1[N+](=O)[O-]. The fourth-order valence-corrected chi connectivity index (χ4v) is 1.50. The lowest BCUT2D eigenvalue weighted by atomic mass is 10.2. The number of hydrogen-bond donors (Lipinski definition) is 2. The van der Waals surface area contributed by atoms with Gasteiger partial charge in [-0.1, -0.05) is 0 Å². The molecule has 1 aromatic heterocycles. The maximum absolute atomic E-state index is 11.8. The highest BCUT2D eigenvalue weighted by Crippen LogP contribution is 2.22. The van der Waals surface area contributed by atoms with Gasteiger partial charge in [0.2, 0.25) is 11.7 Å². The molecule has 0 bridgehead atoms. The van der Waals surface area contributed by atoms with Crippen LogP contribution in [0.2, 0.25) is 0 Å². The number of anilines is 1. The Morgan fingerprint density at radius 3 is 2.85 bits per heavy atom. The van der Waals surface area contributed by atoms with Crippen LogP contribution in [-0.4, -0.2) is 42.1 Å². The van der Waals surface area contributed by atoms with Crippen LogP contribution in [0.15, 0.2) is 12.1 Å². The number of pyridine rings is 1. The van der Waals surface area contributed by atoms with Crippen LogP contribution in [0.25, 0.3) is 0 Å². The number of nitrogens with one attached hydrogen (secondary N) is 2. The van der Waals surface area contributed by atoms with E-state index in [0.29, 0.717) is 18.8 Å². The van der Waals surface area contributed by atoms with Crippen LogP contribution >= 0.6 is 0 Å². The molecule has 0 aliphatic carbocycles. The first-order valence-corrected chi connectivity index (χ1v) is 6.11. The molecule has 0 saturated carbocycles. The Morgan fingerprint density at radius 2 is 2.25 bits per heavy atom. The lowest BCUT2D eigenvalue weighted by Crippen LogP contribution is -2.39. The van der Waals surface area contributed by atoms with Crippen LogP contribution < -0.4 is 10.6 Å². The summed E-state index contributed by atoms with van der Waals surface area (Å²) in [6.07, 6.45) is 0. The number of aryl methyl sites for hydroxylation is 1. The van der Waals surface area contributed by atoms with Crippen molar-refractivity contribution in [2.75, 3.05) is 25.6 Å². The standard InChI is InChI=1S/C12H18N4O4/c1-8-4-5-10(16(18)19)11(14-8)15-9(2)12(17)13-6-7-20-3/h4-5,9H,6-7H2,1-3H3,(H,13,17)(H,14,15). The first-order chi connectivity index (χ1) is 9.45. The number of aromatic nitrogens is 1. The number of carbonyl (C=O) groups excluding carboxylic acids is 1. The van der Waals surface area contributed by atoms with E-state index in [4.69, 9.17) is 4.74 Å². The molecule has 0 aromatic carbocycles. The van der Waals surface area contributed by atoms with E-state index in [1.165, 1.54) is 13.2 Å². The van der Waals surface area contributed by atoms with Gasteiger partial charge in [-0.3, -0.25) is 14.9 Å². The average Bonchev–Trinajstić information content (AvgIpc) is 2.38. The Balaban J connectivity index is 2.74. The summed E-state index contributed by atoms with van der Waals surface area (Å²) in [5.41, 5.74) is 0.470. The van der Waals surface area contributed by atoms with Crippen LogP contribution in [0.4, 0.5) is 11.5 Å². The number of carbonyl (C=O) groups is 1. The fourth-order valence-electron chi connectivity index (χ4n) is 1.50. The average molecular weight is 282 g/mol. The van der Waals surface area contributed by atoms with E-state index in [9.17, 15) is 14.9 Å². The van der Waals surface area contributed by atoms with E-state index in [0.717, 1.165) is 0 Å². The van der Waals surface area contributed by atoms with Crippen molar-refractivity contribution < 1.29 is 14.5 Å². The van der Waals surface area contributed by atoms with E-state index in [1.54, 1.807) is 19.9 Å². The molecule has 0 fully saturated rings. The van der Waals surface area contributed by atoms with Crippen molar-refractivity contribution in [3.8, 4) is 0 Å². The van der Waals surface area contributed by atoms with Crippen LogP contribution in [0.5, 0.6) is 0 Å². The van der Waals surface area contributed by atoms with Crippen LogP contribution in [0.1, 0.15) is 12.6 Å². The van der Waals surface area contributed by atoms with Crippen LogP contribution in [-0.2, 0) is 9.53 Å². The minimum Gasteiger partial charge on any atom is -0.383 e. The number of rotatable bonds is 7. The second-order valence-corrected chi connectivity index (χ2v) is 4.23. The molecule has 1 rings (SSSR count). The highest BCUT2D eigenvalue weighted by Gasteiger charge is 2.20. The Kier molecular flexibility index (Phi) is 5.85. The minimum absolute atomic E-state index is 0.0874. The van der Waals surface area contributed by atoms with E-state index >= 15 is 0 Å². The van der Waals surface area contributed by atoms with Gasteiger partial charge in [-0.15, -0.1) is 0 Å². The molecule has 1 atom stereocenters. The lowest BCUT2D eigenvalue weighted by molar-refractivity contribution is -0.384. The number of nitrogens with zero attached hydrogens (tertiary/aromatic N) is 2. The van der Waals surface area contributed by atoms with Gasteiger partial charge in [-0.25, -0.2) is 4.98 Å². The van der Waals surface area contributed by atoms with Gasteiger partial charge in [-0.05, 0) is 19.9 Å². The zero-order chi connectivity index (χ0) is 15.1. The van der Waals surface area contributed by atoms with Gasteiger partial charge in [0.25, 0.3) is 0 Å². The van der Waals surface area contributed by atoms with Crippen molar-refractivity contribution in [3.63, 3.8) is 0 Å². The summed E-state index contributed by atoms with van der Waals surface area (Å²) in [6, 6.07) is 2.27. The van der Waals surface area contributed by atoms with Gasteiger partial charge in [0, 0.05) is 25.4 Å². The van der Waals surface area contributed by atoms with Gasteiger partial charge >= 0.3 is 5.69 Å². The molecule has 8 heteroatoms. The van der Waals surface area contributed by atoms with Crippen molar-refractivity contribution in [1.82, 2.24) is 10.3 Å².